The first kappa shape index (κ1) is 22.0. The molecule has 0 aromatic carbocycles. The third-order valence-electron chi connectivity index (χ3n) is 4.21. The summed E-state index contributed by atoms with van der Waals surface area (Å²) in [4.78, 5) is 4.20. The lowest BCUT2D eigenvalue weighted by atomic mass is 10.2. The molecule has 2 heterocycles. The zero-order valence-corrected chi connectivity index (χ0v) is 16.9. The van der Waals surface area contributed by atoms with Crippen molar-refractivity contribution in [2.45, 2.75) is 33.0 Å². The smallest absolute Gasteiger partial charge is 0.146 e. The Morgan fingerprint density at radius 3 is 2.69 bits per heavy atom. The lowest BCUT2D eigenvalue weighted by Crippen LogP contribution is -2.25. The molecule has 0 unspecified atom stereocenters. The van der Waals surface area contributed by atoms with Crippen LogP contribution in [-0.2, 0) is 25.0 Å². The zero-order chi connectivity index (χ0) is 21.4. The van der Waals surface area contributed by atoms with E-state index in [0.717, 1.165) is 17.7 Å². The van der Waals surface area contributed by atoms with Gasteiger partial charge in [-0.15, -0.1) is 0 Å². The minimum atomic E-state index is -0.0983. The first-order valence-corrected chi connectivity index (χ1v) is 9.23. The van der Waals surface area contributed by atoms with Gasteiger partial charge in [0.15, 0.2) is 0 Å². The van der Waals surface area contributed by atoms with E-state index in [0.29, 0.717) is 35.0 Å². The molecule has 2 aromatic heterocycles. The van der Waals surface area contributed by atoms with E-state index in [2.05, 4.69) is 22.1 Å². The maximum atomic E-state index is 9.13. The summed E-state index contributed by atoms with van der Waals surface area (Å²) in [6.45, 7) is 5.88. The molecule has 29 heavy (non-hydrogen) atoms. The van der Waals surface area contributed by atoms with Gasteiger partial charge in [-0.2, -0.15) is 5.10 Å². The maximum Gasteiger partial charge on any atom is 0.146 e. The van der Waals surface area contributed by atoms with Crippen LogP contribution < -0.4 is 22.7 Å². The van der Waals surface area contributed by atoms with Gasteiger partial charge in [0.25, 0.3) is 0 Å². The predicted molar refractivity (Wildman–Crippen MR) is 112 cm³/mol. The number of aromatic nitrogens is 3. The number of aliphatic hydroxyl groups is 1. The Hall–Kier alpha value is -3.30. The molecule has 0 fully saturated rings. The fourth-order valence-corrected chi connectivity index (χ4v) is 2.64. The predicted octanol–water partition coefficient (Wildman–Crippen LogP) is 1.28. The van der Waals surface area contributed by atoms with Gasteiger partial charge in [0.2, 0.25) is 0 Å². The van der Waals surface area contributed by atoms with Gasteiger partial charge in [-0.1, -0.05) is 19.9 Å². The van der Waals surface area contributed by atoms with E-state index >= 15 is 0 Å². The fourth-order valence-electron chi connectivity index (χ4n) is 2.64. The summed E-state index contributed by atoms with van der Waals surface area (Å²) in [5, 5.41) is 13.6. The van der Waals surface area contributed by atoms with Crippen molar-refractivity contribution in [1.29, 1.82) is 0 Å². The maximum absolute atomic E-state index is 9.13. The molecule has 9 heteroatoms. The second kappa shape index (κ2) is 10.3. The molecule has 2 aromatic rings. The van der Waals surface area contributed by atoms with E-state index in [1.807, 2.05) is 26.1 Å². The Bertz CT molecular complexity index is 898. The highest BCUT2D eigenvalue weighted by molar-refractivity contribution is 5.58. The third-order valence-corrected chi connectivity index (χ3v) is 4.21. The summed E-state index contributed by atoms with van der Waals surface area (Å²) in [6, 6.07) is 5.56. The van der Waals surface area contributed by atoms with Gasteiger partial charge >= 0.3 is 0 Å². The largest absolute Gasteiger partial charge is 0.485 e. The molecule has 0 radical (unpaired) electrons. The summed E-state index contributed by atoms with van der Waals surface area (Å²) < 4.78 is 7.63. The molecule has 9 nitrogen and oxygen atoms in total. The average Bonchev–Trinajstić information content (AvgIpc) is 3.10. The second-order valence-corrected chi connectivity index (χ2v) is 6.50. The minimum absolute atomic E-state index is 0.0983. The van der Waals surface area contributed by atoms with Crippen LogP contribution in [0.1, 0.15) is 31.2 Å². The van der Waals surface area contributed by atoms with Gasteiger partial charge < -0.3 is 26.7 Å². The summed E-state index contributed by atoms with van der Waals surface area (Å²) in [5.74, 6) is 5.78. The van der Waals surface area contributed by atoms with E-state index in [-0.39, 0.29) is 18.9 Å². The lowest BCUT2D eigenvalue weighted by Gasteiger charge is -2.12. The van der Waals surface area contributed by atoms with Gasteiger partial charge in [-0.05, 0) is 24.6 Å². The molecule has 0 spiro atoms. The van der Waals surface area contributed by atoms with Gasteiger partial charge in [-0.25, -0.2) is 0 Å². The van der Waals surface area contributed by atoms with Gasteiger partial charge in [0.1, 0.15) is 18.1 Å². The Labute approximate surface area is 170 Å². The van der Waals surface area contributed by atoms with Gasteiger partial charge in [0.05, 0.1) is 29.4 Å². The van der Waals surface area contributed by atoms with Crippen LogP contribution in [0.3, 0.4) is 0 Å². The molecule has 0 aliphatic rings. The normalized spacial score (nSPS) is 12.5. The molecule has 2 rings (SSSR count). The van der Waals surface area contributed by atoms with Crippen LogP contribution in [0.25, 0.3) is 11.3 Å². The van der Waals surface area contributed by atoms with Gasteiger partial charge in [0, 0.05) is 30.6 Å². The van der Waals surface area contributed by atoms with Crippen molar-refractivity contribution in [3.8, 4) is 11.3 Å². The van der Waals surface area contributed by atoms with Crippen LogP contribution in [0.4, 0.5) is 0 Å². The average molecular weight is 399 g/mol. The monoisotopic (exact) mass is 399 g/mol. The van der Waals surface area contributed by atoms with Crippen LogP contribution >= 0.6 is 0 Å². The number of aryl methyl sites for hydroxylation is 1. The molecule has 8 N–H and O–H groups in total. The molecule has 0 atom stereocenters. The van der Waals surface area contributed by atoms with E-state index < -0.39 is 0 Å². The van der Waals surface area contributed by atoms with Crippen LogP contribution in [-0.4, -0.2) is 19.9 Å². The number of hydrazine groups is 1. The Kier molecular flexibility index (Phi) is 7.81. The lowest BCUT2D eigenvalue weighted by molar-refractivity contribution is 0.203. The number of nitrogens with one attached hydrogen (secondary N) is 1. The molecule has 0 amide bonds. The Balaban J connectivity index is 2.23. The van der Waals surface area contributed by atoms with Crippen LogP contribution in [0.2, 0.25) is 0 Å². The molecule has 156 valence electrons. The van der Waals surface area contributed by atoms with Crippen molar-refractivity contribution in [1.82, 2.24) is 20.2 Å². The first-order chi connectivity index (χ1) is 13.9. The van der Waals surface area contributed by atoms with E-state index in [1.54, 1.807) is 23.0 Å². The zero-order valence-electron chi connectivity index (χ0n) is 16.9. The van der Waals surface area contributed by atoms with Crippen molar-refractivity contribution < 1.29 is 9.84 Å². The second-order valence-electron chi connectivity index (χ2n) is 6.50. The number of nitrogens with zero attached hydrogens (tertiary/aromatic N) is 3. The number of hydrogen-bond acceptors (Lipinski definition) is 8. The number of nitrogens with two attached hydrogens (primary N) is 3. The summed E-state index contributed by atoms with van der Waals surface area (Å²) in [6.07, 6.45) is 5.00. The SMILES string of the molecule is C=C(NN)/C(N)=C(\C=C(\N)CCC)OCc1cc(-c2ccc(CO)nc2)n(C)n1. The summed E-state index contributed by atoms with van der Waals surface area (Å²) in [7, 11) is 1.84. The van der Waals surface area contributed by atoms with Crippen molar-refractivity contribution >= 4 is 0 Å². The van der Waals surface area contributed by atoms with Gasteiger partial charge in [-0.3, -0.25) is 15.5 Å². The van der Waals surface area contributed by atoms with Crippen molar-refractivity contribution in [3.05, 3.63) is 71.3 Å². The highest BCUT2D eigenvalue weighted by Crippen LogP contribution is 2.21. The topological polar surface area (TPSA) is 150 Å². The molecule has 0 bridgehead atoms. The molecule has 0 aliphatic carbocycles. The highest BCUT2D eigenvalue weighted by Gasteiger charge is 2.12. The Morgan fingerprint density at radius 2 is 2.10 bits per heavy atom. The highest BCUT2D eigenvalue weighted by atomic mass is 16.5. The first-order valence-electron chi connectivity index (χ1n) is 9.23. The number of rotatable bonds is 10. The standard InChI is InChI=1S/C20H29N7O2/c1-4-5-15(21)8-19(20(22)13(2)25-23)29-12-17-9-18(27(3)26-17)14-6-7-16(11-28)24-10-14/h6-10,25,28H,2,4-5,11-12,21-23H2,1,3H3/b15-8+,20-19-. The quantitative estimate of drug-likeness (QED) is 0.173. The van der Waals surface area contributed by atoms with Crippen molar-refractivity contribution in [2.24, 2.45) is 24.4 Å². The molecular weight excluding hydrogens is 370 g/mol. The van der Waals surface area contributed by atoms with Crippen LogP contribution in [0.15, 0.2) is 59.9 Å². The number of pyridine rings is 1. The fraction of sp³-hybridized carbons (Fsp3) is 0.300. The van der Waals surface area contributed by atoms with Crippen molar-refractivity contribution in [3.63, 3.8) is 0 Å². The van der Waals surface area contributed by atoms with E-state index in [4.69, 9.17) is 27.2 Å². The third kappa shape index (κ3) is 5.84. The number of allylic oxidation sites excluding steroid dienone is 2. The Morgan fingerprint density at radius 1 is 1.34 bits per heavy atom. The van der Waals surface area contributed by atoms with E-state index in [1.165, 1.54) is 0 Å². The van der Waals surface area contributed by atoms with Crippen LogP contribution in [0.5, 0.6) is 0 Å². The van der Waals surface area contributed by atoms with Crippen molar-refractivity contribution in [2.75, 3.05) is 0 Å². The molecule has 0 aliphatic heterocycles. The minimum Gasteiger partial charge on any atom is -0.485 e. The van der Waals surface area contributed by atoms with Crippen LogP contribution in [0, 0.1) is 0 Å². The molecule has 0 saturated heterocycles. The molecular formula is C20H29N7O2. The number of aliphatic hydroxyl groups excluding tert-OH is 1. The molecule has 0 saturated carbocycles. The number of hydrogen-bond donors (Lipinski definition) is 5. The van der Waals surface area contributed by atoms with E-state index in [9.17, 15) is 0 Å². The number of ether oxygens (including phenoxy) is 1. The summed E-state index contributed by atoms with van der Waals surface area (Å²) in [5.41, 5.74) is 18.8. The summed E-state index contributed by atoms with van der Waals surface area (Å²) >= 11 is 0.